The molecule has 2 aliphatic rings. The molecule has 6 atom stereocenters. The molecule has 53 heavy (non-hydrogen) atoms. The molecule has 13 heteroatoms. The monoisotopic (exact) mass is 726 g/mol. The summed E-state index contributed by atoms with van der Waals surface area (Å²) in [5.41, 5.74) is 2.64. The molecule has 4 heterocycles. The van der Waals surface area contributed by atoms with E-state index < -0.39 is 54.2 Å². The van der Waals surface area contributed by atoms with Gasteiger partial charge >= 0.3 is 0 Å². The van der Waals surface area contributed by atoms with Crippen LogP contribution in [0.4, 0.5) is 13.2 Å². The van der Waals surface area contributed by atoms with Gasteiger partial charge in [0.2, 0.25) is 0 Å². The predicted octanol–water partition coefficient (Wildman–Crippen LogP) is 8.29. The van der Waals surface area contributed by atoms with Crippen molar-refractivity contribution in [3.05, 3.63) is 133 Å². The average molecular weight is 727 g/mol. The van der Waals surface area contributed by atoms with Crippen molar-refractivity contribution in [1.29, 1.82) is 0 Å². The third-order valence-corrected chi connectivity index (χ3v) is 9.63. The molecule has 2 saturated heterocycles. The summed E-state index contributed by atoms with van der Waals surface area (Å²) < 4.78 is 72.6. The Morgan fingerprint density at radius 1 is 0.887 bits per heavy atom. The van der Waals surface area contributed by atoms with Crippen molar-refractivity contribution in [3.8, 4) is 16.9 Å². The highest BCUT2D eigenvalue weighted by atomic mass is 19.2. The molecule has 10 nitrogen and oxygen atoms in total. The van der Waals surface area contributed by atoms with Gasteiger partial charge in [0, 0.05) is 17.7 Å². The Morgan fingerprint density at radius 3 is 2.43 bits per heavy atom. The number of hydrogen-bond donors (Lipinski definition) is 0. The van der Waals surface area contributed by atoms with Crippen LogP contribution in [0, 0.1) is 17.5 Å². The van der Waals surface area contributed by atoms with E-state index in [-0.39, 0.29) is 17.9 Å². The third-order valence-electron chi connectivity index (χ3n) is 9.63. The molecule has 0 radical (unpaired) electrons. The molecule has 5 aromatic rings. The van der Waals surface area contributed by atoms with Crippen LogP contribution in [0.2, 0.25) is 0 Å². The number of rotatable bonds is 15. The first-order chi connectivity index (χ1) is 26.0. The maximum atomic E-state index is 14.3. The summed E-state index contributed by atoms with van der Waals surface area (Å²) in [4.78, 5) is 0. The van der Waals surface area contributed by atoms with Crippen molar-refractivity contribution >= 4 is 6.08 Å². The van der Waals surface area contributed by atoms with Crippen LogP contribution in [0.3, 0.4) is 0 Å². The van der Waals surface area contributed by atoms with Gasteiger partial charge in [-0.25, -0.2) is 17.9 Å². The number of halogens is 3. The molecule has 0 saturated carbocycles. The molecule has 2 aliphatic heterocycles. The Labute approximate surface area is 305 Å². The van der Waals surface area contributed by atoms with Crippen molar-refractivity contribution in [1.82, 2.24) is 29.8 Å². The van der Waals surface area contributed by atoms with Crippen molar-refractivity contribution in [2.75, 3.05) is 13.2 Å². The number of ether oxygens (including phenoxy) is 4. The highest BCUT2D eigenvalue weighted by molar-refractivity contribution is 5.59. The van der Waals surface area contributed by atoms with Gasteiger partial charge in [-0.1, -0.05) is 91.7 Å². The molecule has 0 amide bonds. The second-order valence-electron chi connectivity index (χ2n) is 13.1. The lowest BCUT2D eigenvalue weighted by molar-refractivity contribution is -0.323. The normalized spacial score (nSPS) is 22.7. The zero-order valence-electron chi connectivity index (χ0n) is 29.1. The molecule has 7 rings (SSSR count). The van der Waals surface area contributed by atoms with Crippen molar-refractivity contribution in [2.45, 2.75) is 75.3 Å². The summed E-state index contributed by atoms with van der Waals surface area (Å²) in [6.07, 6.45) is 9.27. The van der Waals surface area contributed by atoms with E-state index in [1.807, 2.05) is 65.2 Å². The molecule has 1 unspecified atom stereocenters. The average Bonchev–Trinajstić information content (AvgIpc) is 3.88. The summed E-state index contributed by atoms with van der Waals surface area (Å²) in [6, 6.07) is 18.4. The van der Waals surface area contributed by atoms with Gasteiger partial charge in [0.1, 0.15) is 42.5 Å². The fourth-order valence-corrected chi connectivity index (χ4v) is 6.98. The Hall–Kier alpha value is -4.95. The van der Waals surface area contributed by atoms with Crippen molar-refractivity contribution < 1.29 is 32.1 Å². The van der Waals surface area contributed by atoms with E-state index in [2.05, 4.69) is 33.7 Å². The summed E-state index contributed by atoms with van der Waals surface area (Å²) in [7, 11) is 0. The molecule has 0 spiro atoms. The number of unbranched alkanes of at least 4 members (excludes halogenated alkanes) is 5. The van der Waals surface area contributed by atoms with Crippen LogP contribution in [-0.4, -0.2) is 61.3 Å². The molecular weight excluding hydrogens is 685 g/mol. The van der Waals surface area contributed by atoms with E-state index in [1.165, 1.54) is 0 Å². The summed E-state index contributed by atoms with van der Waals surface area (Å²) in [5.74, 6) is -3.74. The number of hydrogen-bond acceptors (Lipinski definition) is 8. The third kappa shape index (κ3) is 7.88. The van der Waals surface area contributed by atoms with Crippen LogP contribution < -0.4 is 0 Å². The Balaban J connectivity index is 1.28. The van der Waals surface area contributed by atoms with Gasteiger partial charge in [-0.3, -0.25) is 4.57 Å². The van der Waals surface area contributed by atoms with E-state index in [0.717, 1.165) is 67.5 Å². The van der Waals surface area contributed by atoms with Gasteiger partial charge < -0.3 is 18.9 Å². The minimum atomic E-state index is -1.56. The highest BCUT2D eigenvalue weighted by Gasteiger charge is 2.53. The fourth-order valence-electron chi connectivity index (χ4n) is 6.98. The maximum Gasteiger partial charge on any atom is 0.194 e. The van der Waals surface area contributed by atoms with Gasteiger partial charge in [-0.2, -0.15) is 0 Å². The minimum absolute atomic E-state index is 0.0255. The molecule has 0 aliphatic carbocycles. The first-order valence-electron chi connectivity index (χ1n) is 17.8. The maximum absolute atomic E-state index is 14.3. The van der Waals surface area contributed by atoms with Gasteiger partial charge in [0.25, 0.3) is 0 Å². The van der Waals surface area contributed by atoms with E-state index >= 15 is 0 Å². The van der Waals surface area contributed by atoms with Crippen molar-refractivity contribution in [2.24, 2.45) is 0 Å². The van der Waals surface area contributed by atoms with Crippen LogP contribution in [-0.2, 0) is 18.9 Å². The number of nitrogens with zero attached hydrogens (tertiary/aromatic N) is 6. The predicted molar refractivity (Wildman–Crippen MR) is 191 cm³/mol. The molecule has 3 aromatic carbocycles. The lowest BCUT2D eigenvalue weighted by atomic mass is 9.90. The Morgan fingerprint density at radius 2 is 1.64 bits per heavy atom. The van der Waals surface area contributed by atoms with Crippen LogP contribution >= 0.6 is 0 Å². The van der Waals surface area contributed by atoms with Gasteiger partial charge in [0.05, 0.1) is 18.5 Å². The quantitative estimate of drug-likeness (QED) is 0.0604. The van der Waals surface area contributed by atoms with Crippen LogP contribution in [0.25, 0.3) is 23.0 Å². The number of fused-ring (bicyclic) bond motifs is 1. The first kappa shape index (κ1) is 36.4. The SMILES string of the molecule is C=CCCCCCCCO[C@@H]1[C@@H](n2cc(-c3cc(F)c(F)c(F)c3)nn2)[C@H]2OC(c3ccccc3)OC[C@H]2O[C@H]1c1nncn1-c1ccccc1C=C. The smallest absolute Gasteiger partial charge is 0.194 e. The molecular formula is C40H41F3N6O4. The molecule has 2 aromatic heterocycles. The van der Waals surface area contributed by atoms with Crippen molar-refractivity contribution in [3.63, 3.8) is 0 Å². The molecule has 0 N–H and O–H groups in total. The van der Waals surface area contributed by atoms with Crippen LogP contribution in [0.1, 0.15) is 73.9 Å². The van der Waals surface area contributed by atoms with E-state index in [1.54, 1.807) is 23.3 Å². The lowest BCUT2D eigenvalue weighted by Gasteiger charge is -2.49. The number of para-hydroxylation sites is 1. The van der Waals surface area contributed by atoms with Crippen LogP contribution in [0.5, 0.6) is 0 Å². The number of benzene rings is 3. The summed E-state index contributed by atoms with van der Waals surface area (Å²) in [5, 5.41) is 17.6. The van der Waals surface area contributed by atoms with E-state index in [4.69, 9.17) is 18.9 Å². The topological polar surface area (TPSA) is 98.3 Å². The number of allylic oxidation sites excluding steroid dienone is 1. The largest absolute Gasteiger partial charge is 0.373 e. The molecule has 0 bridgehead atoms. The zero-order chi connectivity index (χ0) is 36.7. The van der Waals surface area contributed by atoms with Crippen LogP contribution in [0.15, 0.2) is 98.5 Å². The summed E-state index contributed by atoms with van der Waals surface area (Å²) >= 11 is 0. The molecule has 2 fully saturated rings. The van der Waals surface area contributed by atoms with Gasteiger partial charge in [0.15, 0.2) is 29.6 Å². The summed E-state index contributed by atoms with van der Waals surface area (Å²) in [6.45, 7) is 8.36. The lowest BCUT2D eigenvalue weighted by Crippen LogP contribution is -2.57. The minimum Gasteiger partial charge on any atom is -0.373 e. The second-order valence-corrected chi connectivity index (χ2v) is 13.1. The van der Waals surface area contributed by atoms with E-state index in [0.29, 0.717) is 12.4 Å². The standard InChI is InChI=1S/C40H41F3N6O4/c1-3-5-6-7-8-9-15-20-50-37-35(49-23-31(45-47-49)28-21-29(41)34(43)30(42)22-28)36-33(24-51-40(53-36)27-17-11-10-12-18-27)52-38(37)39-46-44-25-48(39)32-19-14-13-16-26(32)4-2/h3-4,10-14,16-19,21-23,25,33,35-38,40H,1-2,5-9,15,20,24H2/t33-,35+,36+,37-,38-,40?/m1/s1. The first-order valence-corrected chi connectivity index (χ1v) is 17.8. The second kappa shape index (κ2) is 16.8. The highest BCUT2D eigenvalue weighted by Crippen LogP contribution is 2.45. The number of aromatic nitrogens is 6. The fraction of sp³-hybridized carbons (Fsp3) is 0.350. The Kier molecular flexibility index (Phi) is 11.5. The van der Waals surface area contributed by atoms with E-state index in [9.17, 15) is 13.2 Å². The Bertz CT molecular complexity index is 1980. The zero-order valence-corrected chi connectivity index (χ0v) is 29.1. The van der Waals surface area contributed by atoms with Gasteiger partial charge in [-0.15, -0.1) is 21.9 Å². The van der Waals surface area contributed by atoms with Gasteiger partial charge in [-0.05, 0) is 43.0 Å². The molecule has 276 valence electrons.